The number of benzene rings is 1. The van der Waals surface area contributed by atoms with E-state index in [1.165, 1.54) is 0 Å². The molecule has 0 aliphatic heterocycles. The number of hydrogen-bond donors (Lipinski definition) is 2. The van der Waals surface area contributed by atoms with Crippen LogP contribution in [-0.4, -0.2) is 9.78 Å². The van der Waals surface area contributed by atoms with Crippen molar-refractivity contribution in [3.63, 3.8) is 0 Å². The normalized spacial score (nSPS) is 10.5. The van der Waals surface area contributed by atoms with E-state index in [2.05, 4.69) is 10.4 Å². The molecule has 0 aliphatic carbocycles. The highest BCUT2D eigenvalue weighted by Crippen LogP contribution is 2.20. The van der Waals surface area contributed by atoms with Crippen molar-refractivity contribution in [2.45, 2.75) is 13.5 Å². The Labute approximate surface area is 105 Å². The van der Waals surface area contributed by atoms with Crippen LogP contribution in [0.5, 0.6) is 0 Å². The minimum Gasteiger partial charge on any atom is -0.398 e. The summed E-state index contributed by atoms with van der Waals surface area (Å²) in [7, 11) is 1.92. The summed E-state index contributed by atoms with van der Waals surface area (Å²) in [5.41, 5.74) is 8.53. The molecular formula is C12H15ClN4. The number of aromatic nitrogens is 2. The molecule has 5 heteroatoms. The Morgan fingerprint density at radius 2 is 2.18 bits per heavy atom. The second kappa shape index (κ2) is 4.67. The molecule has 1 heterocycles. The third-order valence-electron chi connectivity index (χ3n) is 2.65. The Kier molecular flexibility index (Phi) is 3.24. The van der Waals surface area contributed by atoms with Crippen LogP contribution in [0.25, 0.3) is 0 Å². The van der Waals surface area contributed by atoms with E-state index in [0.717, 1.165) is 17.1 Å². The predicted octanol–water partition coefficient (Wildman–Crippen LogP) is 2.58. The van der Waals surface area contributed by atoms with Crippen molar-refractivity contribution in [2.75, 3.05) is 11.1 Å². The maximum atomic E-state index is 5.86. The lowest BCUT2D eigenvalue weighted by Crippen LogP contribution is -2.01. The summed E-state index contributed by atoms with van der Waals surface area (Å²) in [5.74, 6) is 0.860. The van der Waals surface area contributed by atoms with Crippen molar-refractivity contribution in [3.8, 4) is 0 Å². The number of anilines is 2. The van der Waals surface area contributed by atoms with Gasteiger partial charge in [0.25, 0.3) is 0 Å². The molecule has 1 aromatic carbocycles. The summed E-state index contributed by atoms with van der Waals surface area (Å²) in [6.45, 7) is 2.69. The summed E-state index contributed by atoms with van der Waals surface area (Å²) in [6.07, 6.45) is 0. The average Bonchev–Trinajstić information content (AvgIpc) is 2.60. The van der Waals surface area contributed by atoms with Gasteiger partial charge in [0, 0.05) is 25.4 Å². The Bertz CT molecular complexity index is 514. The SMILES string of the molecule is Cc1cc(NCc2ccc(Cl)c(N)c2)nn1C. The van der Waals surface area contributed by atoms with Gasteiger partial charge in [-0.2, -0.15) is 5.10 Å². The number of nitrogens with zero attached hydrogens (tertiary/aromatic N) is 2. The lowest BCUT2D eigenvalue weighted by atomic mass is 10.2. The maximum absolute atomic E-state index is 5.86. The topological polar surface area (TPSA) is 55.9 Å². The van der Waals surface area contributed by atoms with Gasteiger partial charge in [-0.1, -0.05) is 17.7 Å². The van der Waals surface area contributed by atoms with E-state index in [1.807, 2.05) is 36.9 Å². The van der Waals surface area contributed by atoms with E-state index in [4.69, 9.17) is 17.3 Å². The molecule has 0 saturated carbocycles. The molecule has 0 radical (unpaired) electrons. The van der Waals surface area contributed by atoms with Crippen LogP contribution in [0.3, 0.4) is 0 Å². The molecule has 2 rings (SSSR count). The van der Waals surface area contributed by atoms with E-state index >= 15 is 0 Å². The van der Waals surface area contributed by atoms with Crippen molar-refractivity contribution in [2.24, 2.45) is 7.05 Å². The van der Waals surface area contributed by atoms with Crippen LogP contribution < -0.4 is 11.1 Å². The quantitative estimate of drug-likeness (QED) is 0.824. The van der Waals surface area contributed by atoms with E-state index in [-0.39, 0.29) is 0 Å². The Morgan fingerprint density at radius 3 is 2.76 bits per heavy atom. The standard InChI is InChI=1S/C12H15ClN4/c1-8-5-12(16-17(8)2)15-7-9-3-4-10(13)11(14)6-9/h3-6H,7,14H2,1-2H3,(H,15,16). The highest BCUT2D eigenvalue weighted by molar-refractivity contribution is 6.33. The lowest BCUT2D eigenvalue weighted by Gasteiger charge is -2.05. The van der Waals surface area contributed by atoms with Crippen LogP contribution in [0.1, 0.15) is 11.3 Å². The lowest BCUT2D eigenvalue weighted by molar-refractivity contribution is 0.741. The highest BCUT2D eigenvalue weighted by atomic mass is 35.5. The Morgan fingerprint density at radius 1 is 1.41 bits per heavy atom. The van der Waals surface area contributed by atoms with Crippen molar-refractivity contribution >= 4 is 23.1 Å². The second-order valence-electron chi connectivity index (χ2n) is 4.00. The Balaban J connectivity index is 2.04. The summed E-state index contributed by atoms with van der Waals surface area (Å²) >= 11 is 5.86. The van der Waals surface area contributed by atoms with Gasteiger partial charge < -0.3 is 11.1 Å². The van der Waals surface area contributed by atoms with E-state index in [1.54, 1.807) is 6.07 Å². The van der Waals surface area contributed by atoms with Gasteiger partial charge in [-0.15, -0.1) is 0 Å². The van der Waals surface area contributed by atoms with E-state index in [9.17, 15) is 0 Å². The highest BCUT2D eigenvalue weighted by Gasteiger charge is 2.02. The number of nitrogens with two attached hydrogens (primary N) is 1. The van der Waals surface area contributed by atoms with Gasteiger partial charge in [-0.25, -0.2) is 0 Å². The summed E-state index contributed by atoms with van der Waals surface area (Å²) in [5, 5.41) is 8.14. The first-order chi connectivity index (χ1) is 8.06. The van der Waals surface area contributed by atoms with Crippen molar-refractivity contribution in [1.82, 2.24) is 9.78 Å². The third kappa shape index (κ3) is 2.71. The van der Waals surface area contributed by atoms with Gasteiger partial charge in [-0.3, -0.25) is 4.68 Å². The Hall–Kier alpha value is -1.68. The molecule has 0 aliphatic rings. The van der Waals surface area contributed by atoms with Crippen LogP contribution in [0, 0.1) is 6.92 Å². The minimum absolute atomic E-state index is 0.586. The number of rotatable bonds is 3. The van der Waals surface area contributed by atoms with Gasteiger partial charge in [0.1, 0.15) is 5.82 Å². The first kappa shape index (κ1) is 11.8. The predicted molar refractivity (Wildman–Crippen MR) is 71.1 cm³/mol. The molecule has 0 fully saturated rings. The molecule has 2 aromatic rings. The third-order valence-corrected chi connectivity index (χ3v) is 2.99. The van der Waals surface area contributed by atoms with Gasteiger partial charge in [0.2, 0.25) is 0 Å². The zero-order valence-electron chi connectivity index (χ0n) is 9.87. The first-order valence-electron chi connectivity index (χ1n) is 5.34. The summed E-state index contributed by atoms with van der Waals surface area (Å²) < 4.78 is 1.83. The first-order valence-corrected chi connectivity index (χ1v) is 5.72. The molecule has 0 spiro atoms. The summed E-state index contributed by atoms with van der Waals surface area (Å²) in [4.78, 5) is 0. The zero-order chi connectivity index (χ0) is 12.4. The average molecular weight is 251 g/mol. The smallest absolute Gasteiger partial charge is 0.148 e. The molecule has 1 aromatic heterocycles. The molecule has 0 bridgehead atoms. The molecule has 90 valence electrons. The molecule has 0 saturated heterocycles. The van der Waals surface area contributed by atoms with E-state index < -0.39 is 0 Å². The molecule has 0 unspecified atom stereocenters. The molecule has 17 heavy (non-hydrogen) atoms. The fourth-order valence-electron chi connectivity index (χ4n) is 1.54. The zero-order valence-corrected chi connectivity index (χ0v) is 10.6. The minimum atomic E-state index is 0.586. The summed E-state index contributed by atoms with van der Waals surface area (Å²) in [6, 6.07) is 7.61. The van der Waals surface area contributed by atoms with Crippen LogP contribution in [0.2, 0.25) is 5.02 Å². The molecule has 3 N–H and O–H groups in total. The van der Waals surface area contributed by atoms with Gasteiger partial charge in [0.15, 0.2) is 0 Å². The van der Waals surface area contributed by atoms with E-state index in [0.29, 0.717) is 17.3 Å². The number of nitrogens with one attached hydrogen (secondary N) is 1. The number of aryl methyl sites for hydroxylation is 2. The van der Waals surface area contributed by atoms with Crippen molar-refractivity contribution < 1.29 is 0 Å². The molecule has 0 amide bonds. The number of halogens is 1. The van der Waals surface area contributed by atoms with Crippen molar-refractivity contribution in [3.05, 3.63) is 40.5 Å². The largest absolute Gasteiger partial charge is 0.398 e. The fourth-order valence-corrected chi connectivity index (χ4v) is 1.66. The van der Waals surface area contributed by atoms with Gasteiger partial charge in [0.05, 0.1) is 10.7 Å². The number of hydrogen-bond acceptors (Lipinski definition) is 3. The van der Waals surface area contributed by atoms with Crippen LogP contribution in [-0.2, 0) is 13.6 Å². The second-order valence-corrected chi connectivity index (χ2v) is 4.41. The van der Waals surface area contributed by atoms with Gasteiger partial charge in [-0.05, 0) is 24.6 Å². The molecule has 4 nitrogen and oxygen atoms in total. The molecular weight excluding hydrogens is 236 g/mol. The fraction of sp³-hybridized carbons (Fsp3) is 0.250. The van der Waals surface area contributed by atoms with Crippen LogP contribution in [0.15, 0.2) is 24.3 Å². The molecule has 0 atom stereocenters. The maximum Gasteiger partial charge on any atom is 0.148 e. The monoisotopic (exact) mass is 250 g/mol. The van der Waals surface area contributed by atoms with Gasteiger partial charge >= 0.3 is 0 Å². The van der Waals surface area contributed by atoms with Crippen LogP contribution in [0.4, 0.5) is 11.5 Å². The number of nitrogen functional groups attached to an aromatic ring is 1. The van der Waals surface area contributed by atoms with Crippen molar-refractivity contribution in [1.29, 1.82) is 0 Å². The van der Waals surface area contributed by atoms with Crippen LogP contribution >= 0.6 is 11.6 Å².